The third-order valence-electron chi connectivity index (χ3n) is 1.14. The van der Waals surface area contributed by atoms with Gasteiger partial charge in [-0.25, -0.2) is 0 Å². The number of thioether (sulfide) groups is 1. The molecular formula is C8H18N2S. The number of amidine groups is 1. The maximum Gasteiger partial charge on any atom is 0.104 e. The second-order valence-corrected chi connectivity index (χ2v) is 3.53. The fourth-order valence-corrected chi connectivity index (χ4v) is 1.36. The van der Waals surface area contributed by atoms with Crippen LogP contribution in [0.15, 0.2) is 4.99 Å². The number of nitrogens with zero attached hydrogens (tertiary/aromatic N) is 1. The fourth-order valence-electron chi connectivity index (χ4n) is 0.622. The summed E-state index contributed by atoms with van der Waals surface area (Å²) >= 11 is 1.86. The number of hydrogen-bond donors (Lipinski definition) is 1. The average molecular weight is 174 g/mol. The van der Waals surface area contributed by atoms with Gasteiger partial charge >= 0.3 is 0 Å². The zero-order valence-electron chi connectivity index (χ0n) is 7.47. The van der Waals surface area contributed by atoms with E-state index in [1.165, 1.54) is 12.2 Å². The highest BCUT2D eigenvalue weighted by molar-refractivity contribution is 7.99. The van der Waals surface area contributed by atoms with Gasteiger partial charge in [-0.3, -0.25) is 4.99 Å². The topological polar surface area (TPSA) is 38.4 Å². The van der Waals surface area contributed by atoms with Gasteiger partial charge in [-0.05, 0) is 18.6 Å². The minimum Gasteiger partial charge on any atom is -0.387 e. The van der Waals surface area contributed by atoms with Crippen molar-refractivity contribution in [1.29, 1.82) is 0 Å². The van der Waals surface area contributed by atoms with Gasteiger partial charge in [0.15, 0.2) is 0 Å². The van der Waals surface area contributed by atoms with E-state index < -0.39 is 0 Å². The molecule has 0 rings (SSSR count). The first-order chi connectivity index (χ1) is 5.31. The molecule has 0 heterocycles. The molecule has 0 aliphatic rings. The largest absolute Gasteiger partial charge is 0.387 e. The molecule has 0 aromatic carbocycles. The molecule has 0 amide bonds. The first-order valence-electron chi connectivity index (χ1n) is 4.17. The fraction of sp³-hybridized carbons (Fsp3) is 0.875. The van der Waals surface area contributed by atoms with E-state index in [0.29, 0.717) is 0 Å². The molecule has 66 valence electrons. The third kappa shape index (κ3) is 7.72. The second-order valence-electron chi connectivity index (χ2n) is 2.43. The van der Waals surface area contributed by atoms with Gasteiger partial charge in [-0.1, -0.05) is 13.8 Å². The molecular weight excluding hydrogens is 156 g/mol. The van der Waals surface area contributed by atoms with Crippen LogP contribution in [-0.4, -0.2) is 23.9 Å². The summed E-state index contributed by atoms with van der Waals surface area (Å²) in [7, 11) is 0. The maximum atomic E-state index is 5.63. The summed E-state index contributed by atoms with van der Waals surface area (Å²) in [5.74, 6) is 2.88. The minimum atomic E-state index is 0.797. The van der Waals surface area contributed by atoms with Crippen molar-refractivity contribution < 1.29 is 0 Å². The normalized spacial score (nSPS) is 12.0. The predicted molar refractivity (Wildman–Crippen MR) is 54.4 cm³/mol. The molecule has 0 spiro atoms. The van der Waals surface area contributed by atoms with Crippen molar-refractivity contribution >= 4 is 17.6 Å². The van der Waals surface area contributed by atoms with Gasteiger partial charge in [0.05, 0.1) is 5.75 Å². The Hall–Kier alpha value is -0.180. The lowest BCUT2D eigenvalue weighted by atomic mass is 10.5. The molecule has 0 fully saturated rings. The lowest BCUT2D eigenvalue weighted by molar-refractivity contribution is 0.929. The van der Waals surface area contributed by atoms with Gasteiger partial charge in [-0.15, -0.1) is 0 Å². The maximum absolute atomic E-state index is 5.63. The second kappa shape index (κ2) is 7.92. The van der Waals surface area contributed by atoms with Crippen LogP contribution in [0.25, 0.3) is 0 Å². The van der Waals surface area contributed by atoms with Gasteiger partial charge in [0.2, 0.25) is 0 Å². The molecule has 0 aromatic rings. The van der Waals surface area contributed by atoms with Crippen LogP contribution < -0.4 is 5.73 Å². The molecule has 0 saturated carbocycles. The number of hydrogen-bond acceptors (Lipinski definition) is 2. The number of rotatable bonds is 6. The molecule has 2 N–H and O–H groups in total. The van der Waals surface area contributed by atoms with Crippen molar-refractivity contribution in [2.75, 3.05) is 18.1 Å². The molecule has 0 aliphatic carbocycles. The molecule has 2 nitrogen and oxygen atoms in total. The summed E-state index contributed by atoms with van der Waals surface area (Å²) in [4.78, 5) is 4.19. The Labute approximate surface area is 73.7 Å². The Morgan fingerprint density at radius 3 is 2.64 bits per heavy atom. The van der Waals surface area contributed by atoms with E-state index in [9.17, 15) is 0 Å². The van der Waals surface area contributed by atoms with Crippen LogP contribution in [0, 0.1) is 0 Å². The van der Waals surface area contributed by atoms with E-state index in [4.69, 9.17) is 5.73 Å². The Morgan fingerprint density at radius 1 is 1.36 bits per heavy atom. The van der Waals surface area contributed by atoms with Crippen molar-refractivity contribution in [1.82, 2.24) is 0 Å². The molecule has 0 radical (unpaired) electrons. The highest BCUT2D eigenvalue weighted by Gasteiger charge is 1.90. The molecule has 0 unspecified atom stereocenters. The van der Waals surface area contributed by atoms with Crippen LogP contribution in [-0.2, 0) is 0 Å². The Bertz CT molecular complexity index is 113. The predicted octanol–water partition coefficient (Wildman–Crippen LogP) is 1.90. The van der Waals surface area contributed by atoms with Gasteiger partial charge in [-0.2, -0.15) is 11.8 Å². The minimum absolute atomic E-state index is 0.797. The summed E-state index contributed by atoms with van der Waals surface area (Å²) < 4.78 is 0. The highest BCUT2D eigenvalue weighted by Crippen LogP contribution is 2.00. The number of aliphatic imine (C=N–C) groups is 1. The van der Waals surface area contributed by atoms with E-state index >= 15 is 0 Å². The highest BCUT2D eigenvalue weighted by atomic mass is 32.2. The molecule has 0 atom stereocenters. The van der Waals surface area contributed by atoms with E-state index in [1.807, 2.05) is 11.8 Å². The molecule has 3 heteroatoms. The van der Waals surface area contributed by atoms with Crippen molar-refractivity contribution in [2.45, 2.75) is 26.7 Å². The van der Waals surface area contributed by atoms with Crippen molar-refractivity contribution in [3.05, 3.63) is 0 Å². The molecule has 0 saturated heterocycles. The average Bonchev–Trinajstić information content (AvgIpc) is 2.01. The van der Waals surface area contributed by atoms with E-state index in [2.05, 4.69) is 18.8 Å². The van der Waals surface area contributed by atoms with E-state index in [0.717, 1.165) is 24.6 Å². The molecule has 11 heavy (non-hydrogen) atoms. The Balaban J connectivity index is 3.27. The van der Waals surface area contributed by atoms with Crippen molar-refractivity contribution in [2.24, 2.45) is 10.7 Å². The molecule has 0 aliphatic heterocycles. The molecule has 0 aromatic heterocycles. The van der Waals surface area contributed by atoms with Crippen LogP contribution in [0.4, 0.5) is 0 Å². The SMILES string of the molecule is CCCN=C(N)CSCCC. The number of nitrogens with two attached hydrogens (primary N) is 1. The summed E-state index contributed by atoms with van der Waals surface area (Å²) in [5, 5.41) is 0. The van der Waals surface area contributed by atoms with Crippen LogP contribution in [0.3, 0.4) is 0 Å². The van der Waals surface area contributed by atoms with Crippen LogP contribution in [0.2, 0.25) is 0 Å². The van der Waals surface area contributed by atoms with E-state index in [1.54, 1.807) is 0 Å². The first-order valence-corrected chi connectivity index (χ1v) is 5.33. The quantitative estimate of drug-likeness (QED) is 0.379. The lowest BCUT2D eigenvalue weighted by Crippen LogP contribution is -2.15. The summed E-state index contributed by atoms with van der Waals surface area (Å²) in [6, 6.07) is 0. The third-order valence-corrected chi connectivity index (χ3v) is 2.33. The van der Waals surface area contributed by atoms with Crippen molar-refractivity contribution in [3.8, 4) is 0 Å². The standard InChI is InChI=1S/C8H18N2S/c1-3-5-10-8(9)7-11-6-4-2/h3-7H2,1-2H3,(H2,9,10). The van der Waals surface area contributed by atoms with Gasteiger partial charge in [0.1, 0.15) is 5.84 Å². The van der Waals surface area contributed by atoms with Crippen molar-refractivity contribution in [3.63, 3.8) is 0 Å². The van der Waals surface area contributed by atoms with Crippen LogP contribution >= 0.6 is 11.8 Å². The van der Waals surface area contributed by atoms with Gasteiger partial charge in [0.25, 0.3) is 0 Å². The summed E-state index contributed by atoms with van der Waals surface area (Å²) in [6.07, 6.45) is 2.30. The summed E-state index contributed by atoms with van der Waals surface area (Å²) in [5.41, 5.74) is 5.63. The lowest BCUT2D eigenvalue weighted by Gasteiger charge is -1.98. The summed E-state index contributed by atoms with van der Waals surface area (Å²) in [6.45, 7) is 5.15. The van der Waals surface area contributed by atoms with Gasteiger partial charge < -0.3 is 5.73 Å². The van der Waals surface area contributed by atoms with Crippen LogP contribution in [0.5, 0.6) is 0 Å². The smallest absolute Gasteiger partial charge is 0.104 e. The Morgan fingerprint density at radius 2 is 2.09 bits per heavy atom. The monoisotopic (exact) mass is 174 g/mol. The zero-order valence-corrected chi connectivity index (χ0v) is 8.28. The first kappa shape index (κ1) is 10.8. The molecule has 0 bridgehead atoms. The Kier molecular flexibility index (Phi) is 7.79. The van der Waals surface area contributed by atoms with Gasteiger partial charge in [0, 0.05) is 6.54 Å². The van der Waals surface area contributed by atoms with Crippen LogP contribution in [0.1, 0.15) is 26.7 Å². The zero-order chi connectivity index (χ0) is 8.53. The van der Waals surface area contributed by atoms with E-state index in [-0.39, 0.29) is 0 Å².